The van der Waals surface area contributed by atoms with Crippen LogP contribution in [0.2, 0.25) is 5.02 Å². The van der Waals surface area contributed by atoms with Crippen molar-refractivity contribution in [2.24, 2.45) is 0 Å². The third-order valence-corrected chi connectivity index (χ3v) is 4.57. The normalized spacial score (nSPS) is 11.4. The van der Waals surface area contributed by atoms with Crippen molar-refractivity contribution < 1.29 is 23.8 Å². The van der Waals surface area contributed by atoms with Gasteiger partial charge in [0.1, 0.15) is 0 Å². The van der Waals surface area contributed by atoms with Crippen LogP contribution in [0, 0.1) is 0 Å². The number of hydrogen-bond acceptors (Lipinski definition) is 5. The maximum Gasteiger partial charge on any atom is 0.339 e. The van der Waals surface area contributed by atoms with Gasteiger partial charge in [0.2, 0.25) is 5.78 Å². The molecule has 148 valence electrons. The van der Waals surface area contributed by atoms with Gasteiger partial charge in [0, 0.05) is 16.1 Å². The zero-order valence-corrected chi connectivity index (χ0v) is 16.7. The summed E-state index contributed by atoms with van der Waals surface area (Å²) in [5.74, 6) is -0.116. The molecule has 0 saturated carbocycles. The van der Waals surface area contributed by atoms with E-state index in [1.54, 1.807) is 60.7 Å². The Balaban J connectivity index is 1.93. The number of ether oxygens (including phenoxy) is 3. The molecule has 0 fully saturated rings. The molecule has 0 unspecified atom stereocenters. The number of carbonyl (C=O) groups excluding carboxylic acids is 2. The van der Waals surface area contributed by atoms with Gasteiger partial charge in [-0.05, 0) is 30.3 Å². The van der Waals surface area contributed by atoms with E-state index in [1.165, 1.54) is 20.3 Å². The number of hydrogen-bond donors (Lipinski definition) is 0. The molecule has 3 aromatic rings. The number of benzene rings is 3. The van der Waals surface area contributed by atoms with E-state index in [4.69, 9.17) is 25.8 Å². The number of carbonyl (C=O) groups is 2. The maximum atomic E-state index is 13.1. The van der Waals surface area contributed by atoms with E-state index >= 15 is 0 Å². The lowest BCUT2D eigenvalue weighted by Crippen LogP contribution is -2.20. The number of Topliss-reactive ketones (excluding diaryl/α,β-unsaturated/α-hetero) is 1. The first-order chi connectivity index (χ1) is 14.0. The predicted octanol–water partition coefficient (Wildman–Crippen LogP) is 5.14. The average molecular weight is 411 g/mol. The molecule has 0 spiro atoms. The topological polar surface area (TPSA) is 61.8 Å². The Morgan fingerprint density at radius 2 is 1.45 bits per heavy atom. The van der Waals surface area contributed by atoms with E-state index in [-0.39, 0.29) is 11.3 Å². The molecule has 0 aromatic heterocycles. The minimum absolute atomic E-state index is 0.238. The van der Waals surface area contributed by atoms with Crippen molar-refractivity contribution in [1.29, 1.82) is 0 Å². The van der Waals surface area contributed by atoms with Crippen LogP contribution in [0.5, 0.6) is 11.5 Å². The zero-order valence-electron chi connectivity index (χ0n) is 15.9. The second kappa shape index (κ2) is 9.26. The molecule has 0 radical (unpaired) electrons. The zero-order chi connectivity index (χ0) is 20.8. The molecule has 0 N–H and O–H groups in total. The van der Waals surface area contributed by atoms with Crippen LogP contribution in [-0.4, -0.2) is 26.0 Å². The van der Waals surface area contributed by atoms with E-state index < -0.39 is 12.1 Å². The first-order valence-corrected chi connectivity index (χ1v) is 9.19. The molecule has 1 atom stereocenters. The van der Waals surface area contributed by atoms with Crippen molar-refractivity contribution >= 4 is 23.4 Å². The largest absolute Gasteiger partial charge is 0.493 e. The van der Waals surface area contributed by atoms with Crippen LogP contribution in [0.3, 0.4) is 0 Å². The third kappa shape index (κ3) is 4.76. The van der Waals surface area contributed by atoms with Gasteiger partial charge in [-0.1, -0.05) is 54.1 Å². The van der Waals surface area contributed by atoms with Crippen LogP contribution in [0.4, 0.5) is 0 Å². The van der Waals surface area contributed by atoms with Gasteiger partial charge >= 0.3 is 5.97 Å². The van der Waals surface area contributed by atoms with Gasteiger partial charge in [-0.3, -0.25) is 4.79 Å². The van der Waals surface area contributed by atoms with Crippen LogP contribution in [0.25, 0.3) is 0 Å². The SMILES string of the molecule is COc1ccc(C(=O)O[C@H](C(=O)c2ccccc2)c2ccc(Cl)cc2)cc1OC. The molecular formula is C23H19ClO5. The number of methoxy groups -OCH3 is 2. The number of rotatable bonds is 7. The fraction of sp³-hybridized carbons (Fsp3) is 0.130. The standard InChI is InChI=1S/C23H19ClO5/c1-27-19-13-10-17(14-20(19)28-2)23(26)29-22(16-8-11-18(24)12-9-16)21(25)15-6-4-3-5-7-15/h3-14,22H,1-2H3/t22-/m0/s1. The van der Waals surface area contributed by atoms with Gasteiger partial charge in [-0.15, -0.1) is 0 Å². The summed E-state index contributed by atoms with van der Waals surface area (Å²) < 4.78 is 16.0. The van der Waals surface area contributed by atoms with E-state index in [2.05, 4.69) is 0 Å². The molecular weight excluding hydrogens is 392 g/mol. The van der Waals surface area contributed by atoms with Gasteiger partial charge in [-0.2, -0.15) is 0 Å². The summed E-state index contributed by atoms with van der Waals surface area (Å²) in [4.78, 5) is 25.9. The van der Waals surface area contributed by atoms with Crippen molar-refractivity contribution in [3.63, 3.8) is 0 Å². The lowest BCUT2D eigenvalue weighted by molar-refractivity contribution is 0.0279. The van der Waals surface area contributed by atoms with Gasteiger partial charge < -0.3 is 14.2 Å². The Labute approximate surface area is 173 Å². The minimum atomic E-state index is -1.12. The van der Waals surface area contributed by atoms with Crippen LogP contribution in [0.1, 0.15) is 32.4 Å². The smallest absolute Gasteiger partial charge is 0.339 e. The Morgan fingerprint density at radius 1 is 0.793 bits per heavy atom. The third-order valence-electron chi connectivity index (χ3n) is 4.31. The Hall–Kier alpha value is -3.31. The fourth-order valence-corrected chi connectivity index (χ4v) is 2.93. The lowest BCUT2D eigenvalue weighted by atomic mass is 9.99. The molecule has 0 aliphatic rings. The highest BCUT2D eigenvalue weighted by Gasteiger charge is 2.27. The summed E-state index contributed by atoms with van der Waals surface area (Å²) in [5, 5.41) is 0.519. The number of esters is 1. The van der Waals surface area contributed by atoms with E-state index in [1.807, 2.05) is 6.07 Å². The second-order valence-electron chi connectivity index (χ2n) is 6.14. The highest BCUT2D eigenvalue weighted by atomic mass is 35.5. The molecule has 0 amide bonds. The van der Waals surface area contributed by atoms with Crippen molar-refractivity contribution in [3.05, 3.63) is 94.5 Å². The number of ketones is 1. The van der Waals surface area contributed by atoms with E-state index in [9.17, 15) is 9.59 Å². The summed E-state index contributed by atoms with van der Waals surface area (Å²) >= 11 is 5.96. The molecule has 0 saturated heterocycles. The summed E-state index contributed by atoms with van der Waals surface area (Å²) in [6, 6.07) is 19.9. The average Bonchev–Trinajstić information content (AvgIpc) is 2.77. The lowest BCUT2D eigenvalue weighted by Gasteiger charge is -2.18. The van der Waals surface area contributed by atoms with Crippen LogP contribution >= 0.6 is 11.6 Å². The first-order valence-electron chi connectivity index (χ1n) is 8.81. The van der Waals surface area contributed by atoms with Gasteiger partial charge in [0.15, 0.2) is 17.6 Å². The summed E-state index contributed by atoms with van der Waals surface area (Å²) in [5.41, 5.74) is 1.20. The molecule has 5 nitrogen and oxygen atoms in total. The fourth-order valence-electron chi connectivity index (χ4n) is 2.80. The molecule has 0 heterocycles. The Kier molecular flexibility index (Phi) is 6.52. The van der Waals surface area contributed by atoms with Crippen LogP contribution in [0.15, 0.2) is 72.8 Å². The van der Waals surface area contributed by atoms with E-state index in [0.29, 0.717) is 27.6 Å². The van der Waals surface area contributed by atoms with Crippen molar-refractivity contribution in [1.82, 2.24) is 0 Å². The molecule has 0 bridgehead atoms. The molecule has 6 heteroatoms. The molecule has 29 heavy (non-hydrogen) atoms. The summed E-state index contributed by atoms with van der Waals surface area (Å²) in [6.45, 7) is 0. The van der Waals surface area contributed by atoms with E-state index in [0.717, 1.165) is 0 Å². The van der Waals surface area contributed by atoms with Crippen molar-refractivity contribution in [2.45, 2.75) is 6.10 Å². The van der Waals surface area contributed by atoms with Crippen LogP contribution in [-0.2, 0) is 4.74 Å². The monoisotopic (exact) mass is 410 g/mol. The summed E-state index contributed by atoms with van der Waals surface area (Å²) in [6.07, 6.45) is -1.12. The summed E-state index contributed by atoms with van der Waals surface area (Å²) in [7, 11) is 2.98. The highest BCUT2D eigenvalue weighted by molar-refractivity contribution is 6.30. The number of halogens is 1. The molecule has 3 rings (SSSR count). The van der Waals surface area contributed by atoms with Gasteiger partial charge in [0.05, 0.1) is 19.8 Å². The molecule has 0 aliphatic heterocycles. The molecule has 0 aliphatic carbocycles. The Morgan fingerprint density at radius 3 is 2.07 bits per heavy atom. The Bertz CT molecular complexity index is 1000. The predicted molar refractivity (Wildman–Crippen MR) is 110 cm³/mol. The van der Waals surface area contributed by atoms with Crippen LogP contribution < -0.4 is 9.47 Å². The minimum Gasteiger partial charge on any atom is -0.493 e. The second-order valence-corrected chi connectivity index (χ2v) is 6.57. The van der Waals surface area contributed by atoms with Crippen molar-refractivity contribution in [3.8, 4) is 11.5 Å². The van der Waals surface area contributed by atoms with Gasteiger partial charge in [-0.25, -0.2) is 4.79 Å². The van der Waals surface area contributed by atoms with Gasteiger partial charge in [0.25, 0.3) is 0 Å². The quantitative estimate of drug-likeness (QED) is 0.398. The first kappa shape index (κ1) is 20.4. The maximum absolute atomic E-state index is 13.1. The molecule has 3 aromatic carbocycles. The van der Waals surface area contributed by atoms with Crippen molar-refractivity contribution in [2.75, 3.05) is 14.2 Å². The highest BCUT2D eigenvalue weighted by Crippen LogP contribution is 2.30.